The van der Waals surface area contributed by atoms with Gasteiger partial charge in [-0.05, 0) is 20.8 Å². The number of ether oxygens (including phenoxy) is 1. The van der Waals surface area contributed by atoms with E-state index >= 15 is 0 Å². The van der Waals surface area contributed by atoms with E-state index in [9.17, 15) is 4.79 Å². The molecule has 0 aromatic carbocycles. The second kappa shape index (κ2) is 4.76. The summed E-state index contributed by atoms with van der Waals surface area (Å²) in [5.74, 6) is 0.343. The molecule has 100 valence electrons. The topological polar surface area (TPSA) is 54.5 Å². The molecule has 1 aromatic heterocycles. The largest absolute Gasteiger partial charge is 0.444 e. The van der Waals surface area contributed by atoms with E-state index < -0.39 is 5.60 Å². The Morgan fingerprint density at radius 1 is 1.56 bits per heavy atom. The predicted octanol–water partition coefficient (Wildman–Crippen LogP) is 2.52. The molecular formula is C12H19N3O2S. The minimum atomic E-state index is -0.428. The van der Waals surface area contributed by atoms with Gasteiger partial charge in [-0.25, -0.2) is 9.78 Å². The van der Waals surface area contributed by atoms with Crippen LogP contribution in [-0.2, 0) is 4.74 Å². The highest BCUT2D eigenvalue weighted by molar-refractivity contribution is 7.13. The number of anilines is 1. The lowest BCUT2D eigenvalue weighted by atomic mass is 9.98. The number of carbonyl (C=O) groups is 1. The number of carbonyl (C=O) groups excluding carboxylic acids is 1. The summed E-state index contributed by atoms with van der Waals surface area (Å²) in [5, 5.41) is 5.98. The molecule has 1 N–H and O–H groups in total. The Hall–Kier alpha value is -1.30. The molecule has 0 atom stereocenters. The quantitative estimate of drug-likeness (QED) is 0.896. The fraction of sp³-hybridized carbons (Fsp3) is 0.667. The molecule has 0 bridgehead atoms. The highest BCUT2D eigenvalue weighted by Crippen LogP contribution is 2.30. The van der Waals surface area contributed by atoms with Crippen molar-refractivity contribution < 1.29 is 9.53 Å². The molecule has 1 fully saturated rings. The van der Waals surface area contributed by atoms with Gasteiger partial charge in [-0.2, -0.15) is 0 Å². The summed E-state index contributed by atoms with van der Waals surface area (Å²) in [6.07, 6.45) is -0.234. The van der Waals surface area contributed by atoms with Gasteiger partial charge in [-0.3, -0.25) is 0 Å². The first kappa shape index (κ1) is 13.1. The lowest BCUT2D eigenvalue weighted by Gasteiger charge is -2.38. The number of amides is 1. The summed E-state index contributed by atoms with van der Waals surface area (Å²) in [6.45, 7) is 7.02. The Kier molecular flexibility index (Phi) is 3.47. The van der Waals surface area contributed by atoms with Crippen LogP contribution in [0.4, 0.5) is 9.93 Å². The molecule has 1 saturated heterocycles. The van der Waals surface area contributed by atoms with Crippen LogP contribution < -0.4 is 5.32 Å². The van der Waals surface area contributed by atoms with Gasteiger partial charge in [-0.15, -0.1) is 11.3 Å². The van der Waals surface area contributed by atoms with Crippen LogP contribution in [0.5, 0.6) is 0 Å². The van der Waals surface area contributed by atoms with Crippen LogP contribution >= 0.6 is 11.3 Å². The van der Waals surface area contributed by atoms with Crippen LogP contribution in [0.3, 0.4) is 0 Å². The van der Waals surface area contributed by atoms with Crippen LogP contribution in [0.2, 0.25) is 0 Å². The number of likely N-dealkylation sites (tertiary alicyclic amines) is 1. The molecule has 2 heterocycles. The molecular weight excluding hydrogens is 250 g/mol. The first-order valence-electron chi connectivity index (χ1n) is 6.00. The lowest BCUT2D eigenvalue weighted by molar-refractivity contribution is 0.00793. The van der Waals surface area contributed by atoms with Crippen molar-refractivity contribution in [3.8, 4) is 0 Å². The van der Waals surface area contributed by atoms with E-state index in [2.05, 4.69) is 10.3 Å². The molecule has 0 spiro atoms. The summed E-state index contributed by atoms with van der Waals surface area (Å²) in [4.78, 5) is 17.9. The van der Waals surface area contributed by atoms with Crippen molar-refractivity contribution in [3.05, 3.63) is 11.1 Å². The summed E-state index contributed by atoms with van der Waals surface area (Å²) < 4.78 is 5.31. The van der Waals surface area contributed by atoms with E-state index in [1.165, 1.54) is 0 Å². The molecule has 0 radical (unpaired) electrons. The number of nitrogens with one attached hydrogen (secondary N) is 1. The minimum Gasteiger partial charge on any atom is -0.444 e. The second-order valence-corrected chi connectivity index (χ2v) is 6.27. The summed E-state index contributed by atoms with van der Waals surface area (Å²) in [7, 11) is 1.86. The Labute approximate surface area is 111 Å². The summed E-state index contributed by atoms with van der Waals surface area (Å²) >= 11 is 1.59. The van der Waals surface area contributed by atoms with E-state index in [1.54, 1.807) is 16.2 Å². The SMILES string of the molecule is CNc1nc(C2CN(C(=O)OC(C)(C)C)C2)cs1. The highest BCUT2D eigenvalue weighted by atomic mass is 32.1. The maximum absolute atomic E-state index is 11.8. The van der Waals surface area contributed by atoms with Crippen LogP contribution in [0.25, 0.3) is 0 Å². The molecule has 18 heavy (non-hydrogen) atoms. The molecule has 0 aliphatic carbocycles. The molecule has 6 heteroatoms. The maximum atomic E-state index is 11.8. The van der Waals surface area contributed by atoms with E-state index in [-0.39, 0.29) is 6.09 Å². The van der Waals surface area contributed by atoms with E-state index in [0.717, 1.165) is 10.8 Å². The standard InChI is InChI=1S/C12H19N3O2S/c1-12(2,3)17-11(16)15-5-8(6-15)9-7-18-10(13-4)14-9/h7-8H,5-6H2,1-4H3,(H,13,14). The Bertz CT molecular complexity index is 433. The van der Waals surface area contributed by atoms with Crippen molar-refractivity contribution in [1.82, 2.24) is 9.88 Å². The van der Waals surface area contributed by atoms with Crippen LogP contribution in [0.1, 0.15) is 32.4 Å². The van der Waals surface area contributed by atoms with Crippen molar-refractivity contribution in [3.63, 3.8) is 0 Å². The number of nitrogens with zero attached hydrogens (tertiary/aromatic N) is 2. The normalized spacial score (nSPS) is 16.3. The van der Waals surface area contributed by atoms with Crippen molar-refractivity contribution in [2.75, 3.05) is 25.5 Å². The van der Waals surface area contributed by atoms with Crippen molar-refractivity contribution in [2.24, 2.45) is 0 Å². The fourth-order valence-electron chi connectivity index (χ4n) is 1.73. The van der Waals surface area contributed by atoms with Gasteiger partial charge >= 0.3 is 6.09 Å². The van der Waals surface area contributed by atoms with Crippen LogP contribution in [0.15, 0.2) is 5.38 Å². The summed E-state index contributed by atoms with van der Waals surface area (Å²) in [5.41, 5.74) is 0.631. The first-order valence-corrected chi connectivity index (χ1v) is 6.88. The van der Waals surface area contributed by atoms with Gasteiger partial charge < -0.3 is 15.0 Å². The molecule has 1 aromatic rings. The lowest BCUT2D eigenvalue weighted by Crippen LogP contribution is -2.50. The number of hydrogen-bond donors (Lipinski definition) is 1. The number of aromatic nitrogens is 1. The predicted molar refractivity (Wildman–Crippen MR) is 72.2 cm³/mol. The van der Waals surface area contributed by atoms with Gasteiger partial charge in [0.2, 0.25) is 0 Å². The van der Waals surface area contributed by atoms with Gasteiger partial charge in [0.25, 0.3) is 0 Å². The maximum Gasteiger partial charge on any atom is 0.410 e. The molecule has 2 rings (SSSR count). The average Bonchev–Trinajstić information content (AvgIpc) is 2.60. The zero-order valence-corrected chi connectivity index (χ0v) is 12.0. The molecule has 0 unspecified atom stereocenters. The molecule has 1 aliphatic rings. The van der Waals surface area contributed by atoms with Gasteiger partial charge in [0.05, 0.1) is 5.69 Å². The third kappa shape index (κ3) is 2.93. The van der Waals surface area contributed by atoms with Gasteiger partial charge in [0, 0.05) is 31.4 Å². The number of hydrogen-bond acceptors (Lipinski definition) is 5. The third-order valence-corrected chi connectivity index (χ3v) is 3.57. The van der Waals surface area contributed by atoms with Crippen molar-refractivity contribution in [2.45, 2.75) is 32.3 Å². The van der Waals surface area contributed by atoms with Gasteiger partial charge in [0.1, 0.15) is 5.60 Å². The van der Waals surface area contributed by atoms with E-state index in [1.807, 2.05) is 33.2 Å². The van der Waals surface area contributed by atoms with E-state index in [0.29, 0.717) is 19.0 Å². The fourth-order valence-corrected chi connectivity index (χ4v) is 2.48. The Morgan fingerprint density at radius 2 is 2.22 bits per heavy atom. The monoisotopic (exact) mass is 269 g/mol. The molecule has 0 saturated carbocycles. The molecule has 5 nitrogen and oxygen atoms in total. The zero-order chi connectivity index (χ0) is 13.3. The molecule has 1 aliphatic heterocycles. The average molecular weight is 269 g/mol. The first-order chi connectivity index (χ1) is 8.39. The number of rotatable bonds is 2. The summed E-state index contributed by atoms with van der Waals surface area (Å²) in [6, 6.07) is 0. The van der Waals surface area contributed by atoms with Crippen molar-refractivity contribution in [1.29, 1.82) is 0 Å². The smallest absolute Gasteiger partial charge is 0.410 e. The third-order valence-electron chi connectivity index (χ3n) is 2.69. The highest BCUT2D eigenvalue weighted by Gasteiger charge is 2.35. The van der Waals surface area contributed by atoms with E-state index in [4.69, 9.17) is 4.74 Å². The van der Waals surface area contributed by atoms with Crippen LogP contribution in [0, 0.1) is 0 Å². The van der Waals surface area contributed by atoms with Crippen molar-refractivity contribution >= 4 is 22.6 Å². The zero-order valence-electron chi connectivity index (χ0n) is 11.2. The Balaban J connectivity index is 1.85. The van der Waals surface area contributed by atoms with Crippen LogP contribution in [-0.4, -0.2) is 41.7 Å². The Morgan fingerprint density at radius 3 is 2.72 bits per heavy atom. The molecule has 1 amide bonds. The van der Waals surface area contributed by atoms with Gasteiger partial charge in [0.15, 0.2) is 5.13 Å². The number of thiazole rings is 1. The minimum absolute atomic E-state index is 0.234. The van der Waals surface area contributed by atoms with Gasteiger partial charge in [-0.1, -0.05) is 0 Å². The second-order valence-electron chi connectivity index (χ2n) is 5.41.